The molecule has 1 saturated carbocycles. The quantitative estimate of drug-likeness (QED) is 0.749. The van der Waals surface area contributed by atoms with E-state index < -0.39 is 0 Å². The summed E-state index contributed by atoms with van der Waals surface area (Å²) in [4.78, 5) is 12.0. The van der Waals surface area contributed by atoms with Gasteiger partial charge in [-0.25, -0.2) is 4.79 Å². The fraction of sp³-hybridized carbons (Fsp3) is 0.526. The number of allylic oxidation sites excluding steroid dienone is 1. The smallest absolute Gasteiger partial charge is 0.315 e. The zero-order chi connectivity index (χ0) is 15.8. The van der Waals surface area contributed by atoms with Crippen molar-refractivity contribution in [2.75, 3.05) is 5.32 Å². The summed E-state index contributed by atoms with van der Waals surface area (Å²) < 4.78 is 0. The molecule has 2 rings (SSSR count). The van der Waals surface area contributed by atoms with Crippen LogP contribution in [0, 0.1) is 5.92 Å². The summed E-state index contributed by atoms with van der Waals surface area (Å²) in [5, 5.41) is 5.79. The van der Waals surface area contributed by atoms with Gasteiger partial charge in [-0.2, -0.15) is 0 Å². The minimum atomic E-state index is -0.164. The van der Waals surface area contributed by atoms with Gasteiger partial charge in [0.1, 0.15) is 0 Å². The molecule has 2 N–H and O–H groups in total. The third-order valence-electron chi connectivity index (χ3n) is 4.58. The van der Waals surface area contributed by atoms with E-state index in [1.807, 2.05) is 18.2 Å². The zero-order valence-corrected chi connectivity index (χ0v) is 13.8. The first-order valence-corrected chi connectivity index (χ1v) is 8.53. The number of carbonyl (C=O) groups is 1. The molecule has 3 heteroatoms. The van der Waals surface area contributed by atoms with Crippen molar-refractivity contribution in [2.24, 2.45) is 5.92 Å². The van der Waals surface area contributed by atoms with Crippen molar-refractivity contribution in [3.8, 4) is 0 Å². The van der Waals surface area contributed by atoms with Crippen molar-refractivity contribution in [3.63, 3.8) is 0 Å². The van der Waals surface area contributed by atoms with Crippen molar-refractivity contribution in [3.05, 3.63) is 42.1 Å². The second kappa shape index (κ2) is 8.62. The van der Waals surface area contributed by atoms with Crippen LogP contribution in [0.4, 0.5) is 10.5 Å². The second-order valence-electron chi connectivity index (χ2n) is 6.25. The molecule has 1 aromatic rings. The van der Waals surface area contributed by atoms with Crippen molar-refractivity contribution in [1.29, 1.82) is 0 Å². The standard InChI is InChI=1S/C19H28N2O/c1-3-15(2)17-11-7-8-12-18(17)21-19(22)20-14-13-16-9-5-4-6-10-16/h7-8,11-16H,3-6,9-10H2,1-2H3,(H2,20,21,22)/b14-13+. The number of benzene rings is 1. The monoisotopic (exact) mass is 300 g/mol. The molecule has 2 amide bonds. The molecule has 0 heterocycles. The number of nitrogens with one attached hydrogen (secondary N) is 2. The van der Waals surface area contributed by atoms with Gasteiger partial charge in [-0.1, -0.05) is 57.4 Å². The van der Waals surface area contributed by atoms with Crippen LogP contribution in [0.5, 0.6) is 0 Å². The lowest BCUT2D eigenvalue weighted by molar-refractivity contribution is 0.255. The average Bonchev–Trinajstić information content (AvgIpc) is 2.55. The molecule has 0 aromatic heterocycles. The maximum absolute atomic E-state index is 12.0. The number of hydrogen-bond acceptors (Lipinski definition) is 1. The van der Waals surface area contributed by atoms with Gasteiger partial charge in [-0.3, -0.25) is 0 Å². The van der Waals surface area contributed by atoms with Gasteiger partial charge in [0.25, 0.3) is 0 Å². The highest BCUT2D eigenvalue weighted by Gasteiger charge is 2.11. The number of hydrogen-bond donors (Lipinski definition) is 2. The van der Waals surface area contributed by atoms with Crippen LogP contribution in [0.2, 0.25) is 0 Å². The summed E-state index contributed by atoms with van der Waals surface area (Å²) >= 11 is 0. The molecular weight excluding hydrogens is 272 g/mol. The van der Waals surface area contributed by atoms with Gasteiger partial charge in [0.2, 0.25) is 0 Å². The first-order chi connectivity index (χ1) is 10.7. The number of carbonyl (C=O) groups excluding carboxylic acids is 1. The largest absolute Gasteiger partial charge is 0.323 e. The van der Waals surface area contributed by atoms with Crippen LogP contribution in [0.15, 0.2) is 36.5 Å². The molecule has 1 aromatic carbocycles. The lowest BCUT2D eigenvalue weighted by atomic mass is 9.89. The second-order valence-corrected chi connectivity index (χ2v) is 6.25. The number of para-hydroxylation sites is 1. The van der Waals surface area contributed by atoms with E-state index in [0.29, 0.717) is 11.8 Å². The number of urea groups is 1. The Labute approximate surface area is 134 Å². The van der Waals surface area contributed by atoms with Crippen LogP contribution in [0.3, 0.4) is 0 Å². The van der Waals surface area contributed by atoms with Gasteiger partial charge in [0.05, 0.1) is 0 Å². The Balaban J connectivity index is 1.88. The number of anilines is 1. The minimum absolute atomic E-state index is 0.164. The SMILES string of the molecule is CCC(C)c1ccccc1NC(=O)N/C=C/C1CCCCC1. The molecule has 1 atom stereocenters. The van der Waals surface area contributed by atoms with E-state index in [4.69, 9.17) is 0 Å². The van der Waals surface area contributed by atoms with Crippen LogP contribution in [0.1, 0.15) is 63.9 Å². The molecule has 0 spiro atoms. The molecule has 120 valence electrons. The summed E-state index contributed by atoms with van der Waals surface area (Å²) in [5.74, 6) is 1.07. The van der Waals surface area contributed by atoms with Crippen LogP contribution in [-0.4, -0.2) is 6.03 Å². The first kappa shape index (κ1) is 16.6. The summed E-state index contributed by atoms with van der Waals surface area (Å²) in [7, 11) is 0. The summed E-state index contributed by atoms with van der Waals surface area (Å²) in [6.07, 6.45) is 11.5. The van der Waals surface area contributed by atoms with Gasteiger partial charge in [-0.15, -0.1) is 0 Å². The van der Waals surface area contributed by atoms with Gasteiger partial charge >= 0.3 is 6.03 Å². The Kier molecular flexibility index (Phi) is 6.50. The topological polar surface area (TPSA) is 41.1 Å². The Hall–Kier alpha value is -1.77. The molecule has 0 radical (unpaired) electrons. The normalized spacial score (nSPS) is 17.4. The summed E-state index contributed by atoms with van der Waals surface area (Å²) in [6.45, 7) is 4.34. The van der Waals surface area contributed by atoms with E-state index >= 15 is 0 Å². The average molecular weight is 300 g/mol. The van der Waals surface area contributed by atoms with Crippen molar-refractivity contribution < 1.29 is 4.79 Å². The molecule has 1 aliphatic carbocycles. The molecule has 0 saturated heterocycles. The summed E-state index contributed by atoms with van der Waals surface area (Å²) in [6, 6.07) is 7.86. The molecule has 1 unspecified atom stereocenters. The Morgan fingerprint density at radius 3 is 2.73 bits per heavy atom. The highest BCUT2D eigenvalue weighted by molar-refractivity contribution is 5.90. The lowest BCUT2D eigenvalue weighted by Crippen LogP contribution is -2.25. The van der Waals surface area contributed by atoms with Gasteiger partial charge in [0.15, 0.2) is 0 Å². The van der Waals surface area contributed by atoms with E-state index in [0.717, 1.165) is 12.1 Å². The number of rotatable bonds is 5. The lowest BCUT2D eigenvalue weighted by Gasteiger charge is -2.18. The van der Waals surface area contributed by atoms with E-state index in [2.05, 4.69) is 36.6 Å². The highest BCUT2D eigenvalue weighted by Crippen LogP contribution is 2.26. The maximum Gasteiger partial charge on any atom is 0.323 e. The number of amides is 2. The Bertz CT molecular complexity index is 504. The molecular formula is C19H28N2O. The van der Waals surface area contributed by atoms with Crippen LogP contribution in [-0.2, 0) is 0 Å². The van der Waals surface area contributed by atoms with E-state index in [9.17, 15) is 4.79 Å². The van der Waals surface area contributed by atoms with Crippen LogP contribution < -0.4 is 10.6 Å². The van der Waals surface area contributed by atoms with Crippen molar-refractivity contribution in [2.45, 2.75) is 58.3 Å². The third-order valence-corrected chi connectivity index (χ3v) is 4.58. The minimum Gasteiger partial charge on any atom is -0.315 e. The fourth-order valence-corrected chi connectivity index (χ4v) is 3.01. The van der Waals surface area contributed by atoms with Gasteiger partial charge in [-0.05, 0) is 42.7 Å². The Morgan fingerprint density at radius 2 is 2.00 bits per heavy atom. The fourth-order valence-electron chi connectivity index (χ4n) is 3.01. The molecule has 1 aliphatic rings. The predicted octanol–water partition coefficient (Wildman–Crippen LogP) is 5.42. The predicted molar refractivity (Wildman–Crippen MR) is 93.0 cm³/mol. The van der Waals surface area contributed by atoms with Crippen molar-refractivity contribution >= 4 is 11.7 Å². The maximum atomic E-state index is 12.0. The van der Waals surface area contributed by atoms with Crippen LogP contribution in [0.25, 0.3) is 0 Å². The van der Waals surface area contributed by atoms with E-state index in [1.54, 1.807) is 6.20 Å². The van der Waals surface area contributed by atoms with Crippen molar-refractivity contribution in [1.82, 2.24) is 5.32 Å². The molecule has 1 fully saturated rings. The van der Waals surface area contributed by atoms with Gasteiger partial charge in [0, 0.05) is 11.9 Å². The first-order valence-electron chi connectivity index (χ1n) is 8.53. The molecule has 3 nitrogen and oxygen atoms in total. The third kappa shape index (κ3) is 4.90. The Morgan fingerprint density at radius 1 is 1.27 bits per heavy atom. The van der Waals surface area contributed by atoms with E-state index in [-0.39, 0.29) is 6.03 Å². The van der Waals surface area contributed by atoms with Gasteiger partial charge < -0.3 is 10.6 Å². The molecule has 0 aliphatic heterocycles. The van der Waals surface area contributed by atoms with Crippen LogP contribution >= 0.6 is 0 Å². The molecule has 0 bridgehead atoms. The summed E-state index contributed by atoms with van der Waals surface area (Å²) in [5.41, 5.74) is 2.09. The zero-order valence-electron chi connectivity index (χ0n) is 13.8. The highest BCUT2D eigenvalue weighted by atomic mass is 16.2. The van der Waals surface area contributed by atoms with E-state index in [1.165, 1.54) is 37.7 Å². The molecule has 22 heavy (non-hydrogen) atoms.